The van der Waals surface area contributed by atoms with Crippen molar-refractivity contribution in [2.45, 2.75) is 50.1 Å². The van der Waals surface area contributed by atoms with E-state index in [2.05, 4.69) is 0 Å². The van der Waals surface area contributed by atoms with Crippen LogP contribution in [0.3, 0.4) is 0 Å². The van der Waals surface area contributed by atoms with Crippen molar-refractivity contribution in [3.05, 3.63) is 57.6 Å². The molecule has 0 spiro atoms. The van der Waals surface area contributed by atoms with Gasteiger partial charge in [0.25, 0.3) is 0 Å². The first-order chi connectivity index (χ1) is 15.4. The van der Waals surface area contributed by atoms with Gasteiger partial charge in [0.2, 0.25) is 0 Å². The summed E-state index contributed by atoms with van der Waals surface area (Å²) in [5.41, 5.74) is 7.03. The summed E-state index contributed by atoms with van der Waals surface area (Å²) in [6.45, 7) is 2.00. The van der Waals surface area contributed by atoms with Crippen LogP contribution >= 0.6 is 0 Å². The molecule has 6 rings (SSSR count). The van der Waals surface area contributed by atoms with Crippen LogP contribution in [-0.4, -0.2) is 76.8 Å². The van der Waals surface area contributed by atoms with Crippen molar-refractivity contribution >= 4 is 17.2 Å². The smallest absolute Gasteiger partial charge is 0.193 e. The number of rotatable bonds is 2. The molecule has 4 aliphatic rings. The van der Waals surface area contributed by atoms with E-state index >= 15 is 0 Å². The van der Waals surface area contributed by atoms with Crippen molar-refractivity contribution < 1.29 is 25.2 Å². The third-order valence-electron chi connectivity index (χ3n) is 7.24. The van der Waals surface area contributed by atoms with Crippen LogP contribution in [0.5, 0.6) is 0 Å². The molecule has 32 heavy (non-hydrogen) atoms. The Hall–Kier alpha value is -2.45. The van der Waals surface area contributed by atoms with Gasteiger partial charge >= 0.3 is 0 Å². The van der Waals surface area contributed by atoms with Gasteiger partial charge in [0.1, 0.15) is 0 Å². The number of hydrogen-bond donors (Lipinski definition) is 4. The zero-order valence-electron chi connectivity index (χ0n) is 17.9. The third kappa shape index (κ3) is 3.23. The molecule has 0 radical (unpaired) electrons. The second-order valence-corrected chi connectivity index (χ2v) is 9.86. The number of hydrogen-bond acceptors (Lipinski definition) is 7. The maximum atomic E-state index is 13.6. The Morgan fingerprint density at radius 2 is 0.875 bits per heavy atom. The average Bonchev–Trinajstić information content (AvgIpc) is 2.71. The lowest BCUT2D eigenvalue weighted by Gasteiger charge is -2.41. The monoisotopic (exact) mass is 436 g/mol. The fourth-order valence-electron chi connectivity index (χ4n) is 6.19. The lowest BCUT2D eigenvalue weighted by molar-refractivity contribution is 0.103. The standard InChI is InChI=1S/C25H28N2O5/c28-19-5-13-1-17(2-14-6-20(29)10-26(9-19)23(13)14)25(32)18-3-15-7-21(30)11-27-12-22(31)8-16(4-18)24(15)27/h1-4,19-22,28-31H,5-12H2. The molecule has 4 unspecified atom stereocenters. The van der Waals surface area contributed by atoms with Crippen LogP contribution in [0.4, 0.5) is 11.4 Å². The van der Waals surface area contributed by atoms with Gasteiger partial charge in [0.15, 0.2) is 5.78 Å². The van der Waals surface area contributed by atoms with E-state index in [9.17, 15) is 25.2 Å². The molecule has 0 fully saturated rings. The van der Waals surface area contributed by atoms with Gasteiger partial charge in [-0.1, -0.05) is 0 Å². The van der Waals surface area contributed by atoms with Gasteiger partial charge in [-0.15, -0.1) is 0 Å². The Bertz CT molecular complexity index is 960. The van der Waals surface area contributed by atoms with Crippen LogP contribution in [0, 0.1) is 0 Å². The highest BCUT2D eigenvalue weighted by Gasteiger charge is 2.34. The summed E-state index contributed by atoms with van der Waals surface area (Å²) in [4.78, 5) is 17.7. The van der Waals surface area contributed by atoms with Crippen molar-refractivity contribution in [3.63, 3.8) is 0 Å². The molecule has 0 aromatic heterocycles. The van der Waals surface area contributed by atoms with Gasteiger partial charge in [-0.05, 0) is 46.5 Å². The fraction of sp³-hybridized carbons (Fsp3) is 0.480. The summed E-state index contributed by atoms with van der Waals surface area (Å²) in [5.74, 6) is -0.110. The highest BCUT2D eigenvalue weighted by molar-refractivity contribution is 6.10. The molecule has 4 aliphatic heterocycles. The molecule has 0 aliphatic carbocycles. The minimum Gasteiger partial charge on any atom is -0.391 e. The first-order valence-electron chi connectivity index (χ1n) is 11.4. The molecule has 168 valence electrons. The summed E-state index contributed by atoms with van der Waals surface area (Å²) in [5, 5.41) is 41.3. The highest BCUT2D eigenvalue weighted by atomic mass is 16.3. The number of ketones is 1. The SMILES string of the molecule is O=C(c1cc2c3c(c1)CC(O)CN3CC(O)C2)c1cc2c3c(c1)CC(O)CN3CC(O)C2. The second kappa shape index (κ2) is 7.28. The third-order valence-corrected chi connectivity index (χ3v) is 7.24. The van der Waals surface area contributed by atoms with Crippen LogP contribution in [0.2, 0.25) is 0 Å². The molecule has 2 aromatic rings. The number of anilines is 2. The number of aliphatic hydroxyl groups is 4. The fourth-order valence-corrected chi connectivity index (χ4v) is 6.19. The molecular weight excluding hydrogens is 408 g/mol. The molecule has 0 bridgehead atoms. The normalized spacial score (nSPS) is 28.2. The summed E-state index contributed by atoms with van der Waals surface area (Å²) in [6.07, 6.45) is -0.0855. The number of benzene rings is 2. The van der Waals surface area contributed by atoms with Crippen molar-refractivity contribution in [1.82, 2.24) is 0 Å². The Labute approximate surface area is 186 Å². The zero-order valence-corrected chi connectivity index (χ0v) is 17.9. The Morgan fingerprint density at radius 3 is 1.16 bits per heavy atom. The first kappa shape index (κ1) is 20.2. The average molecular weight is 437 g/mol. The summed E-state index contributed by atoms with van der Waals surface area (Å²) in [7, 11) is 0. The minimum absolute atomic E-state index is 0.110. The largest absolute Gasteiger partial charge is 0.391 e. The van der Waals surface area contributed by atoms with Crippen LogP contribution < -0.4 is 9.80 Å². The predicted octanol–water partition coefficient (Wildman–Crippen LogP) is 0.198. The molecule has 7 heteroatoms. The van der Waals surface area contributed by atoms with Crippen LogP contribution in [-0.2, 0) is 25.7 Å². The topological polar surface area (TPSA) is 104 Å². The summed E-state index contributed by atoms with van der Waals surface area (Å²) in [6, 6.07) is 7.54. The van der Waals surface area contributed by atoms with E-state index in [-0.39, 0.29) is 5.78 Å². The molecule has 2 aromatic carbocycles. The molecule has 4 N–H and O–H groups in total. The van der Waals surface area contributed by atoms with Gasteiger partial charge in [-0.2, -0.15) is 0 Å². The van der Waals surface area contributed by atoms with E-state index in [1.54, 1.807) is 0 Å². The molecule has 0 saturated carbocycles. The lowest BCUT2D eigenvalue weighted by atomic mass is 9.84. The van der Waals surface area contributed by atoms with E-state index in [1.165, 1.54) is 0 Å². The zero-order chi connectivity index (χ0) is 22.1. The van der Waals surface area contributed by atoms with Crippen molar-refractivity contribution in [2.24, 2.45) is 0 Å². The maximum absolute atomic E-state index is 13.6. The second-order valence-electron chi connectivity index (χ2n) is 9.86. The number of nitrogens with zero attached hydrogens (tertiary/aromatic N) is 2. The van der Waals surface area contributed by atoms with Gasteiger partial charge in [-0.25, -0.2) is 0 Å². The van der Waals surface area contributed by atoms with Crippen LogP contribution in [0.1, 0.15) is 38.2 Å². The molecule has 4 atom stereocenters. The van der Waals surface area contributed by atoms with E-state index in [1.807, 2.05) is 34.1 Å². The summed E-state index contributed by atoms with van der Waals surface area (Å²) < 4.78 is 0. The van der Waals surface area contributed by atoms with Crippen LogP contribution in [0.25, 0.3) is 0 Å². The summed E-state index contributed by atoms with van der Waals surface area (Å²) >= 11 is 0. The molecule has 7 nitrogen and oxygen atoms in total. The van der Waals surface area contributed by atoms with Gasteiger partial charge < -0.3 is 30.2 Å². The minimum atomic E-state index is -0.520. The quantitative estimate of drug-likeness (QED) is 0.499. The van der Waals surface area contributed by atoms with E-state index in [0.717, 1.165) is 33.6 Å². The Morgan fingerprint density at radius 1 is 0.594 bits per heavy atom. The van der Waals surface area contributed by atoms with Crippen molar-refractivity contribution in [2.75, 3.05) is 36.0 Å². The molecule has 0 amide bonds. The first-order valence-corrected chi connectivity index (χ1v) is 11.4. The van der Waals surface area contributed by atoms with Crippen LogP contribution in [0.15, 0.2) is 24.3 Å². The highest BCUT2D eigenvalue weighted by Crippen LogP contribution is 2.39. The van der Waals surface area contributed by atoms with Gasteiger partial charge in [0, 0.05) is 74.4 Å². The Balaban J connectivity index is 1.43. The predicted molar refractivity (Wildman–Crippen MR) is 120 cm³/mol. The van der Waals surface area contributed by atoms with E-state index in [4.69, 9.17) is 0 Å². The molecule has 4 heterocycles. The number of carbonyl (C=O) groups excluding carboxylic acids is 1. The van der Waals surface area contributed by atoms with E-state index < -0.39 is 24.4 Å². The molecular formula is C25H28N2O5. The van der Waals surface area contributed by atoms with Gasteiger partial charge in [0.05, 0.1) is 24.4 Å². The van der Waals surface area contributed by atoms with Gasteiger partial charge in [-0.3, -0.25) is 4.79 Å². The molecule has 0 saturated heterocycles. The Kier molecular flexibility index (Phi) is 4.59. The number of carbonyl (C=O) groups is 1. The number of aliphatic hydroxyl groups excluding tert-OH is 4. The van der Waals surface area contributed by atoms with Crippen molar-refractivity contribution in [1.29, 1.82) is 0 Å². The lowest BCUT2D eigenvalue weighted by Crippen LogP contribution is -2.46. The van der Waals surface area contributed by atoms with Crippen molar-refractivity contribution in [3.8, 4) is 0 Å². The van der Waals surface area contributed by atoms with E-state index in [0.29, 0.717) is 63.0 Å². The maximum Gasteiger partial charge on any atom is 0.193 e.